The second kappa shape index (κ2) is 8.07. The van der Waals surface area contributed by atoms with Crippen molar-refractivity contribution in [3.8, 4) is 5.75 Å². The Kier molecular flexibility index (Phi) is 5.39. The molecule has 0 amide bonds. The Morgan fingerprint density at radius 1 is 0.731 bits per heavy atom. The summed E-state index contributed by atoms with van der Waals surface area (Å²) in [6, 6.07) is 22.7. The molecule has 0 bridgehead atoms. The van der Waals surface area contributed by atoms with Gasteiger partial charge in [0.05, 0.1) is 25.5 Å². The quantitative estimate of drug-likeness (QED) is 0.616. The number of para-hydroxylation sites is 2. The molecular weight excluding hydrogens is 328 g/mol. The number of esters is 1. The van der Waals surface area contributed by atoms with Crippen LogP contribution in [0.1, 0.15) is 10.4 Å². The fourth-order valence-electron chi connectivity index (χ4n) is 2.62. The highest BCUT2D eigenvalue weighted by molar-refractivity contribution is 6.02. The second-order valence-corrected chi connectivity index (χ2v) is 5.54. The van der Waals surface area contributed by atoms with Crippen molar-refractivity contribution in [2.24, 2.45) is 0 Å². The number of nitrogens with one attached hydrogen (secondary N) is 2. The number of hydrogen-bond acceptors (Lipinski definition) is 5. The van der Waals surface area contributed by atoms with Gasteiger partial charge in [0.15, 0.2) is 0 Å². The molecule has 3 rings (SSSR count). The molecule has 5 heteroatoms. The predicted octanol–water partition coefficient (Wildman–Crippen LogP) is 4.97. The van der Waals surface area contributed by atoms with Crippen LogP contribution in [0, 0.1) is 0 Å². The van der Waals surface area contributed by atoms with E-state index in [1.165, 1.54) is 7.11 Å². The van der Waals surface area contributed by atoms with E-state index in [4.69, 9.17) is 9.47 Å². The number of benzene rings is 3. The molecular formula is C21H20N2O3. The maximum atomic E-state index is 12.3. The largest absolute Gasteiger partial charge is 0.494 e. The lowest BCUT2D eigenvalue weighted by Gasteiger charge is -2.20. The zero-order valence-electron chi connectivity index (χ0n) is 14.7. The Bertz CT molecular complexity index is 881. The van der Waals surface area contributed by atoms with Crippen LogP contribution in [0.5, 0.6) is 5.75 Å². The normalized spacial score (nSPS) is 10.1. The Labute approximate surface area is 152 Å². The van der Waals surface area contributed by atoms with E-state index in [1.54, 1.807) is 19.2 Å². The van der Waals surface area contributed by atoms with Gasteiger partial charge in [-0.05, 0) is 36.4 Å². The van der Waals surface area contributed by atoms with Gasteiger partial charge in [-0.15, -0.1) is 0 Å². The van der Waals surface area contributed by atoms with E-state index >= 15 is 0 Å². The lowest BCUT2D eigenvalue weighted by Crippen LogP contribution is -2.09. The van der Waals surface area contributed by atoms with Crippen LogP contribution in [0.3, 0.4) is 0 Å². The van der Waals surface area contributed by atoms with Gasteiger partial charge < -0.3 is 20.1 Å². The summed E-state index contributed by atoms with van der Waals surface area (Å²) < 4.78 is 10.5. The Balaban J connectivity index is 2.13. The zero-order chi connectivity index (χ0) is 18.4. The fraction of sp³-hybridized carbons (Fsp3) is 0.0952. The molecule has 2 N–H and O–H groups in total. The Morgan fingerprint density at radius 3 is 1.77 bits per heavy atom. The number of carbonyl (C=O) groups is 1. The average Bonchev–Trinajstić information content (AvgIpc) is 2.70. The number of rotatable bonds is 6. The van der Waals surface area contributed by atoms with Gasteiger partial charge in [-0.2, -0.15) is 0 Å². The molecule has 0 spiro atoms. The predicted molar refractivity (Wildman–Crippen MR) is 104 cm³/mol. The van der Waals surface area contributed by atoms with E-state index in [-0.39, 0.29) is 0 Å². The maximum absolute atomic E-state index is 12.3. The number of hydrogen-bond donors (Lipinski definition) is 2. The number of methoxy groups -OCH3 is 2. The average molecular weight is 348 g/mol. The van der Waals surface area contributed by atoms with Gasteiger partial charge in [0.1, 0.15) is 11.4 Å². The van der Waals surface area contributed by atoms with E-state index in [1.807, 2.05) is 60.7 Å². The molecule has 0 aliphatic heterocycles. The lowest BCUT2D eigenvalue weighted by molar-refractivity contribution is 0.0602. The summed E-state index contributed by atoms with van der Waals surface area (Å²) in [7, 11) is 2.96. The van der Waals surface area contributed by atoms with Crippen LogP contribution in [0.25, 0.3) is 0 Å². The standard InChI is InChI=1S/C21H20N2O3/c1-25-18-14-13-17(21(24)26-2)19(22-15-9-5-3-6-10-15)20(18)23-16-11-7-4-8-12-16/h3-14,22-23H,1-2H3. The van der Waals surface area contributed by atoms with E-state index in [2.05, 4.69) is 10.6 Å². The first-order valence-corrected chi connectivity index (χ1v) is 8.16. The van der Waals surface area contributed by atoms with Crippen molar-refractivity contribution >= 4 is 28.7 Å². The van der Waals surface area contributed by atoms with Gasteiger partial charge in [0.2, 0.25) is 0 Å². The molecule has 3 aromatic carbocycles. The van der Waals surface area contributed by atoms with Gasteiger partial charge >= 0.3 is 5.97 Å². The Morgan fingerprint density at radius 2 is 1.27 bits per heavy atom. The second-order valence-electron chi connectivity index (χ2n) is 5.54. The molecule has 0 radical (unpaired) electrons. The van der Waals surface area contributed by atoms with Crippen molar-refractivity contribution < 1.29 is 14.3 Å². The highest BCUT2D eigenvalue weighted by atomic mass is 16.5. The minimum Gasteiger partial charge on any atom is -0.494 e. The number of anilines is 4. The molecule has 132 valence electrons. The van der Waals surface area contributed by atoms with E-state index in [9.17, 15) is 4.79 Å². The molecule has 0 aromatic heterocycles. The fourth-order valence-corrected chi connectivity index (χ4v) is 2.62. The number of ether oxygens (including phenoxy) is 2. The van der Waals surface area contributed by atoms with Gasteiger partial charge in [-0.1, -0.05) is 36.4 Å². The topological polar surface area (TPSA) is 59.6 Å². The molecule has 0 saturated carbocycles. The van der Waals surface area contributed by atoms with Crippen molar-refractivity contribution in [1.82, 2.24) is 0 Å². The zero-order valence-corrected chi connectivity index (χ0v) is 14.7. The maximum Gasteiger partial charge on any atom is 0.340 e. The molecule has 0 saturated heterocycles. The summed E-state index contributed by atoms with van der Waals surface area (Å²) in [5, 5.41) is 6.64. The van der Waals surface area contributed by atoms with Crippen LogP contribution in [0.2, 0.25) is 0 Å². The van der Waals surface area contributed by atoms with Crippen molar-refractivity contribution in [3.05, 3.63) is 78.4 Å². The third-order valence-corrected chi connectivity index (χ3v) is 3.88. The van der Waals surface area contributed by atoms with Crippen molar-refractivity contribution in [3.63, 3.8) is 0 Å². The molecule has 0 atom stereocenters. The van der Waals surface area contributed by atoms with Crippen LogP contribution in [0.15, 0.2) is 72.8 Å². The van der Waals surface area contributed by atoms with E-state index in [0.717, 1.165) is 11.4 Å². The van der Waals surface area contributed by atoms with Crippen LogP contribution < -0.4 is 15.4 Å². The Hall–Kier alpha value is -3.47. The van der Waals surface area contributed by atoms with Crippen LogP contribution in [-0.2, 0) is 4.74 Å². The first-order valence-electron chi connectivity index (χ1n) is 8.16. The minimum atomic E-state index is -0.429. The summed E-state index contributed by atoms with van der Waals surface area (Å²) >= 11 is 0. The molecule has 3 aromatic rings. The van der Waals surface area contributed by atoms with Crippen molar-refractivity contribution in [1.29, 1.82) is 0 Å². The monoisotopic (exact) mass is 348 g/mol. The molecule has 0 aliphatic rings. The summed E-state index contributed by atoms with van der Waals surface area (Å²) in [5.74, 6) is 0.183. The van der Waals surface area contributed by atoms with Crippen molar-refractivity contribution in [2.75, 3.05) is 24.9 Å². The van der Waals surface area contributed by atoms with Gasteiger partial charge in [0, 0.05) is 11.4 Å². The van der Waals surface area contributed by atoms with Gasteiger partial charge in [-0.25, -0.2) is 4.79 Å². The van der Waals surface area contributed by atoms with Gasteiger partial charge in [0.25, 0.3) is 0 Å². The SMILES string of the molecule is COC(=O)c1ccc(OC)c(Nc2ccccc2)c1Nc1ccccc1. The summed E-state index contributed by atoms with van der Waals surface area (Å²) in [6.07, 6.45) is 0. The van der Waals surface area contributed by atoms with Crippen LogP contribution in [-0.4, -0.2) is 20.2 Å². The van der Waals surface area contributed by atoms with Crippen LogP contribution >= 0.6 is 0 Å². The molecule has 5 nitrogen and oxygen atoms in total. The number of carbonyl (C=O) groups excluding carboxylic acids is 1. The molecule has 0 heterocycles. The first-order chi connectivity index (χ1) is 12.7. The lowest BCUT2D eigenvalue weighted by atomic mass is 10.1. The summed E-state index contributed by atoms with van der Waals surface area (Å²) in [6.45, 7) is 0. The molecule has 0 fully saturated rings. The summed E-state index contributed by atoms with van der Waals surface area (Å²) in [5.41, 5.74) is 3.39. The third kappa shape index (κ3) is 3.78. The molecule has 0 aliphatic carbocycles. The first kappa shape index (κ1) is 17.4. The highest BCUT2D eigenvalue weighted by Gasteiger charge is 2.20. The van der Waals surface area contributed by atoms with E-state index in [0.29, 0.717) is 22.7 Å². The van der Waals surface area contributed by atoms with Crippen molar-refractivity contribution in [2.45, 2.75) is 0 Å². The highest BCUT2D eigenvalue weighted by Crippen LogP contribution is 2.39. The van der Waals surface area contributed by atoms with Gasteiger partial charge in [-0.3, -0.25) is 0 Å². The molecule has 26 heavy (non-hydrogen) atoms. The third-order valence-electron chi connectivity index (χ3n) is 3.88. The van der Waals surface area contributed by atoms with Crippen LogP contribution in [0.4, 0.5) is 22.7 Å². The summed E-state index contributed by atoms with van der Waals surface area (Å²) in [4.78, 5) is 12.3. The smallest absolute Gasteiger partial charge is 0.340 e. The van der Waals surface area contributed by atoms with E-state index < -0.39 is 5.97 Å². The minimum absolute atomic E-state index is 0.413. The molecule has 0 unspecified atom stereocenters.